The summed E-state index contributed by atoms with van der Waals surface area (Å²) in [6.07, 6.45) is 0. The van der Waals surface area contributed by atoms with Gasteiger partial charge >= 0.3 is 0 Å². The number of aliphatic hydroxyl groups is 1. The van der Waals surface area contributed by atoms with Crippen molar-refractivity contribution < 1.29 is 5.11 Å². The Balaban J connectivity index is 3.82. The summed E-state index contributed by atoms with van der Waals surface area (Å²) in [4.78, 5) is 0. The smallest absolute Gasteiger partial charge is 0.151 e. The summed E-state index contributed by atoms with van der Waals surface area (Å²) in [6.45, 7) is 5.65. The normalized spacial score (nSPS) is 16.5. The predicted octanol–water partition coefficient (Wildman–Crippen LogP) is 1.02. The largest absolute Gasteiger partial charge is 0.389 e. The number of rotatable bonds is 3. The van der Waals surface area contributed by atoms with E-state index in [0.29, 0.717) is 5.75 Å². The van der Waals surface area contributed by atoms with E-state index in [4.69, 9.17) is 11.1 Å². The quantitative estimate of drug-likeness (QED) is 0.444. The van der Waals surface area contributed by atoms with Crippen molar-refractivity contribution in [2.75, 3.05) is 5.75 Å². The van der Waals surface area contributed by atoms with Gasteiger partial charge in [-0.15, -0.1) is 0 Å². The molecule has 0 amide bonds. The van der Waals surface area contributed by atoms with Crippen LogP contribution in [0.4, 0.5) is 0 Å². The molecule has 0 saturated heterocycles. The Morgan fingerprint density at radius 3 is 2.45 bits per heavy atom. The highest BCUT2D eigenvalue weighted by Crippen LogP contribution is 2.20. The minimum atomic E-state index is -0.726. The van der Waals surface area contributed by atoms with Gasteiger partial charge in [0.15, 0.2) is 5.17 Å². The van der Waals surface area contributed by atoms with Crippen molar-refractivity contribution in [3.63, 3.8) is 0 Å². The molecule has 0 saturated carbocycles. The highest BCUT2D eigenvalue weighted by atomic mass is 32.2. The average Bonchev–Trinajstić information content (AvgIpc) is 1.84. The Bertz CT molecular complexity index is 145. The molecule has 0 heterocycles. The highest BCUT2D eigenvalue weighted by molar-refractivity contribution is 8.13. The van der Waals surface area contributed by atoms with Crippen LogP contribution < -0.4 is 5.73 Å². The van der Waals surface area contributed by atoms with Crippen LogP contribution >= 0.6 is 11.8 Å². The van der Waals surface area contributed by atoms with Gasteiger partial charge in [-0.2, -0.15) is 0 Å². The summed E-state index contributed by atoms with van der Waals surface area (Å²) in [7, 11) is 0. The van der Waals surface area contributed by atoms with E-state index in [-0.39, 0.29) is 11.1 Å². The molecule has 1 unspecified atom stereocenters. The fourth-order valence-corrected chi connectivity index (χ4v) is 1.17. The number of hydrogen-bond acceptors (Lipinski definition) is 3. The zero-order chi connectivity index (χ0) is 9.07. The molecule has 1 atom stereocenters. The van der Waals surface area contributed by atoms with Crippen molar-refractivity contribution in [1.82, 2.24) is 0 Å². The molecule has 0 aromatic heterocycles. The molecule has 0 aliphatic carbocycles. The summed E-state index contributed by atoms with van der Waals surface area (Å²) < 4.78 is 0. The maximum absolute atomic E-state index is 9.67. The minimum Gasteiger partial charge on any atom is -0.389 e. The zero-order valence-corrected chi connectivity index (χ0v) is 8.03. The molecule has 0 fully saturated rings. The molecule has 0 aliphatic rings. The first kappa shape index (κ1) is 10.8. The molecule has 0 radical (unpaired) electrons. The lowest BCUT2D eigenvalue weighted by atomic mass is 9.95. The molecule has 4 N–H and O–H groups in total. The third-order valence-electron chi connectivity index (χ3n) is 1.76. The van der Waals surface area contributed by atoms with Gasteiger partial charge in [0.25, 0.3) is 0 Å². The van der Waals surface area contributed by atoms with Gasteiger partial charge in [-0.1, -0.05) is 25.6 Å². The molecule has 0 aromatic carbocycles. The molecule has 0 bridgehead atoms. The van der Waals surface area contributed by atoms with Gasteiger partial charge in [0.05, 0.1) is 5.60 Å². The lowest BCUT2D eigenvalue weighted by molar-refractivity contribution is 0.0378. The summed E-state index contributed by atoms with van der Waals surface area (Å²) in [5.74, 6) is 0.675. The standard InChI is InChI=1S/C7H16N2OS/c1-5(2)7(3,10)4-11-6(8)9/h5,10H,4H2,1-3H3,(H3,8,9). The van der Waals surface area contributed by atoms with Crippen molar-refractivity contribution in [3.05, 3.63) is 0 Å². The second-order valence-electron chi connectivity index (χ2n) is 3.16. The SMILES string of the molecule is CC(C)C(C)(O)CSC(=N)N. The van der Waals surface area contributed by atoms with Crippen LogP contribution in [0, 0.1) is 11.3 Å². The number of nitrogens with two attached hydrogens (primary N) is 1. The Hall–Kier alpha value is -0.220. The van der Waals surface area contributed by atoms with Crippen LogP contribution in [-0.2, 0) is 0 Å². The van der Waals surface area contributed by atoms with Crippen LogP contribution in [0.5, 0.6) is 0 Å². The molecule has 0 spiro atoms. The fourth-order valence-electron chi connectivity index (χ4n) is 0.391. The van der Waals surface area contributed by atoms with Gasteiger partial charge in [0.2, 0.25) is 0 Å². The van der Waals surface area contributed by atoms with Crippen LogP contribution in [0.25, 0.3) is 0 Å². The molecule has 4 heteroatoms. The van der Waals surface area contributed by atoms with Crippen molar-refractivity contribution in [3.8, 4) is 0 Å². The lowest BCUT2D eigenvalue weighted by Crippen LogP contribution is -2.34. The third-order valence-corrected chi connectivity index (χ3v) is 2.80. The molecular weight excluding hydrogens is 160 g/mol. The summed E-state index contributed by atoms with van der Waals surface area (Å²) >= 11 is 1.18. The second-order valence-corrected chi connectivity index (χ2v) is 4.18. The van der Waals surface area contributed by atoms with Gasteiger partial charge in [-0.25, -0.2) is 0 Å². The van der Waals surface area contributed by atoms with E-state index in [2.05, 4.69) is 0 Å². The Morgan fingerprint density at radius 2 is 2.18 bits per heavy atom. The number of thioether (sulfide) groups is 1. The molecule has 11 heavy (non-hydrogen) atoms. The summed E-state index contributed by atoms with van der Waals surface area (Å²) in [6, 6.07) is 0. The maximum atomic E-state index is 9.67. The van der Waals surface area contributed by atoms with Crippen molar-refractivity contribution >= 4 is 16.9 Å². The summed E-state index contributed by atoms with van der Waals surface area (Å²) in [5.41, 5.74) is 4.41. The van der Waals surface area contributed by atoms with Crippen LogP contribution in [0.2, 0.25) is 0 Å². The average molecular weight is 176 g/mol. The maximum Gasteiger partial charge on any atom is 0.151 e. The first-order valence-electron chi connectivity index (χ1n) is 3.55. The van der Waals surface area contributed by atoms with Crippen LogP contribution in [-0.4, -0.2) is 21.6 Å². The Morgan fingerprint density at radius 1 is 1.73 bits per heavy atom. The Labute approximate surface area is 71.9 Å². The topological polar surface area (TPSA) is 70.1 Å². The van der Waals surface area contributed by atoms with Crippen LogP contribution in [0.1, 0.15) is 20.8 Å². The molecule has 0 aliphatic heterocycles. The van der Waals surface area contributed by atoms with E-state index in [9.17, 15) is 5.11 Å². The molecule has 0 rings (SSSR count). The van der Waals surface area contributed by atoms with Gasteiger partial charge in [-0.05, 0) is 12.8 Å². The number of nitrogens with one attached hydrogen (secondary N) is 1. The minimum absolute atomic E-state index is 0.0610. The highest BCUT2D eigenvalue weighted by Gasteiger charge is 2.24. The molecule has 66 valence electrons. The lowest BCUT2D eigenvalue weighted by Gasteiger charge is -2.26. The predicted molar refractivity (Wildman–Crippen MR) is 49.8 cm³/mol. The van der Waals surface area contributed by atoms with Crippen molar-refractivity contribution in [1.29, 1.82) is 5.41 Å². The van der Waals surface area contributed by atoms with E-state index in [1.54, 1.807) is 6.92 Å². The fraction of sp³-hybridized carbons (Fsp3) is 0.857. The van der Waals surface area contributed by atoms with Gasteiger partial charge in [0, 0.05) is 5.75 Å². The van der Waals surface area contributed by atoms with Crippen molar-refractivity contribution in [2.45, 2.75) is 26.4 Å². The monoisotopic (exact) mass is 176 g/mol. The Kier molecular flexibility index (Phi) is 3.89. The van der Waals surface area contributed by atoms with E-state index in [1.807, 2.05) is 13.8 Å². The third kappa shape index (κ3) is 4.27. The number of hydrogen-bond donors (Lipinski definition) is 3. The first-order valence-corrected chi connectivity index (χ1v) is 4.54. The van der Waals surface area contributed by atoms with Gasteiger partial charge in [-0.3, -0.25) is 5.41 Å². The van der Waals surface area contributed by atoms with E-state index in [1.165, 1.54) is 11.8 Å². The van der Waals surface area contributed by atoms with Gasteiger partial charge in [0.1, 0.15) is 0 Å². The molecule has 0 aromatic rings. The van der Waals surface area contributed by atoms with E-state index < -0.39 is 5.60 Å². The number of amidine groups is 1. The summed E-state index contributed by atoms with van der Waals surface area (Å²) in [5, 5.41) is 16.7. The molecular formula is C7H16N2OS. The zero-order valence-electron chi connectivity index (χ0n) is 7.22. The second kappa shape index (κ2) is 3.97. The van der Waals surface area contributed by atoms with E-state index in [0.717, 1.165) is 0 Å². The molecule has 3 nitrogen and oxygen atoms in total. The van der Waals surface area contributed by atoms with Crippen LogP contribution in [0.3, 0.4) is 0 Å². The first-order chi connectivity index (χ1) is 4.86. The van der Waals surface area contributed by atoms with Crippen LogP contribution in [0.15, 0.2) is 0 Å². The van der Waals surface area contributed by atoms with Crippen molar-refractivity contribution in [2.24, 2.45) is 11.7 Å². The van der Waals surface area contributed by atoms with E-state index >= 15 is 0 Å². The van der Waals surface area contributed by atoms with Gasteiger partial charge < -0.3 is 10.8 Å².